The van der Waals surface area contributed by atoms with Gasteiger partial charge in [0, 0.05) is 32.7 Å². The molecular formula is C12H24N2O2. The smallest absolute Gasteiger partial charge is 0.224 e. The van der Waals surface area contributed by atoms with Crippen LogP contribution in [0.15, 0.2) is 0 Å². The van der Waals surface area contributed by atoms with Gasteiger partial charge in [-0.05, 0) is 19.3 Å². The lowest BCUT2D eigenvalue weighted by Gasteiger charge is -2.31. The van der Waals surface area contributed by atoms with Crippen molar-refractivity contribution in [1.29, 1.82) is 0 Å². The van der Waals surface area contributed by atoms with E-state index in [2.05, 4.69) is 6.92 Å². The Labute approximate surface area is 98.1 Å². The number of methoxy groups -OCH3 is 1. The first-order chi connectivity index (χ1) is 7.67. The summed E-state index contributed by atoms with van der Waals surface area (Å²) in [5, 5.41) is 0. The van der Waals surface area contributed by atoms with E-state index in [-0.39, 0.29) is 11.9 Å². The standard InChI is InChI=1S/C12H24N2O2/c1-3-4-10(13)9-12(15)14-7-5-11(16-2)6-8-14/h10-11H,3-9,13H2,1-2H3. The van der Waals surface area contributed by atoms with Crippen LogP contribution in [0.2, 0.25) is 0 Å². The van der Waals surface area contributed by atoms with Crippen LogP contribution in [-0.4, -0.2) is 43.2 Å². The summed E-state index contributed by atoms with van der Waals surface area (Å²) in [4.78, 5) is 13.8. The van der Waals surface area contributed by atoms with E-state index in [1.54, 1.807) is 7.11 Å². The molecule has 0 aromatic rings. The quantitative estimate of drug-likeness (QED) is 0.767. The molecule has 0 saturated carbocycles. The molecule has 1 unspecified atom stereocenters. The predicted molar refractivity (Wildman–Crippen MR) is 64.1 cm³/mol. The van der Waals surface area contributed by atoms with Crippen molar-refractivity contribution in [3.05, 3.63) is 0 Å². The highest BCUT2D eigenvalue weighted by atomic mass is 16.5. The molecule has 2 N–H and O–H groups in total. The minimum absolute atomic E-state index is 0.0256. The molecule has 0 spiro atoms. The van der Waals surface area contributed by atoms with Gasteiger partial charge in [0.15, 0.2) is 0 Å². The summed E-state index contributed by atoms with van der Waals surface area (Å²) >= 11 is 0. The van der Waals surface area contributed by atoms with Gasteiger partial charge < -0.3 is 15.4 Å². The number of amides is 1. The van der Waals surface area contributed by atoms with E-state index in [9.17, 15) is 4.79 Å². The first kappa shape index (κ1) is 13.5. The fraction of sp³-hybridized carbons (Fsp3) is 0.917. The number of hydrogen-bond donors (Lipinski definition) is 1. The summed E-state index contributed by atoms with van der Waals surface area (Å²) in [6.45, 7) is 3.72. The zero-order valence-electron chi connectivity index (χ0n) is 10.4. The van der Waals surface area contributed by atoms with Crippen LogP contribution in [0.4, 0.5) is 0 Å². The van der Waals surface area contributed by atoms with E-state index < -0.39 is 0 Å². The number of nitrogens with zero attached hydrogens (tertiary/aromatic N) is 1. The van der Waals surface area contributed by atoms with Crippen molar-refractivity contribution in [2.24, 2.45) is 5.73 Å². The van der Waals surface area contributed by atoms with Crippen LogP contribution in [-0.2, 0) is 9.53 Å². The summed E-state index contributed by atoms with van der Waals surface area (Å²) in [5.74, 6) is 0.204. The molecule has 0 aromatic carbocycles. The second-order valence-corrected chi connectivity index (χ2v) is 4.57. The Morgan fingerprint density at radius 2 is 2.12 bits per heavy atom. The fourth-order valence-corrected chi connectivity index (χ4v) is 2.17. The lowest BCUT2D eigenvalue weighted by molar-refractivity contribution is -0.133. The SMILES string of the molecule is CCCC(N)CC(=O)N1CCC(OC)CC1. The number of hydrogen-bond acceptors (Lipinski definition) is 3. The van der Waals surface area contributed by atoms with Crippen molar-refractivity contribution in [3.8, 4) is 0 Å². The molecule has 1 atom stereocenters. The van der Waals surface area contributed by atoms with Crippen molar-refractivity contribution in [3.63, 3.8) is 0 Å². The van der Waals surface area contributed by atoms with E-state index in [1.165, 1.54) is 0 Å². The van der Waals surface area contributed by atoms with Crippen molar-refractivity contribution in [2.45, 2.75) is 51.2 Å². The van der Waals surface area contributed by atoms with Crippen molar-refractivity contribution in [1.82, 2.24) is 4.90 Å². The summed E-state index contributed by atoms with van der Waals surface area (Å²) in [5.41, 5.74) is 5.87. The minimum atomic E-state index is 0.0256. The monoisotopic (exact) mass is 228 g/mol. The van der Waals surface area contributed by atoms with Gasteiger partial charge in [-0.15, -0.1) is 0 Å². The number of piperidine rings is 1. The van der Waals surface area contributed by atoms with Gasteiger partial charge in [0.1, 0.15) is 0 Å². The molecule has 4 heteroatoms. The number of ether oxygens (including phenoxy) is 1. The number of rotatable bonds is 5. The molecule has 1 rings (SSSR count). The molecule has 1 fully saturated rings. The van der Waals surface area contributed by atoms with E-state index in [4.69, 9.17) is 10.5 Å². The second kappa shape index (κ2) is 6.86. The molecule has 4 nitrogen and oxygen atoms in total. The molecule has 1 aliphatic rings. The maximum Gasteiger partial charge on any atom is 0.224 e. The molecule has 1 aliphatic heterocycles. The lowest BCUT2D eigenvalue weighted by Crippen LogP contribution is -2.42. The highest BCUT2D eigenvalue weighted by Crippen LogP contribution is 2.14. The maximum atomic E-state index is 11.9. The summed E-state index contributed by atoms with van der Waals surface area (Å²) in [6, 6.07) is 0.0256. The third-order valence-electron chi connectivity index (χ3n) is 3.22. The van der Waals surface area contributed by atoms with Gasteiger partial charge in [-0.25, -0.2) is 0 Å². The summed E-state index contributed by atoms with van der Waals surface area (Å²) in [7, 11) is 1.74. The Morgan fingerprint density at radius 1 is 1.50 bits per heavy atom. The van der Waals surface area contributed by atoms with Crippen molar-refractivity contribution >= 4 is 5.91 Å². The fourth-order valence-electron chi connectivity index (χ4n) is 2.17. The Balaban J connectivity index is 2.27. The van der Waals surface area contributed by atoms with Gasteiger partial charge in [-0.2, -0.15) is 0 Å². The number of carbonyl (C=O) groups is 1. The van der Waals surface area contributed by atoms with E-state index in [0.29, 0.717) is 12.5 Å². The molecule has 94 valence electrons. The molecule has 0 bridgehead atoms. The molecule has 1 saturated heterocycles. The largest absolute Gasteiger partial charge is 0.381 e. The summed E-state index contributed by atoms with van der Waals surface area (Å²) in [6.07, 6.45) is 4.69. The van der Waals surface area contributed by atoms with Gasteiger partial charge in [-0.1, -0.05) is 13.3 Å². The van der Waals surface area contributed by atoms with Crippen molar-refractivity contribution < 1.29 is 9.53 Å². The molecule has 0 radical (unpaired) electrons. The molecule has 0 aliphatic carbocycles. The maximum absolute atomic E-state index is 11.9. The minimum Gasteiger partial charge on any atom is -0.381 e. The Kier molecular flexibility index (Phi) is 5.77. The number of carbonyl (C=O) groups excluding carboxylic acids is 1. The van der Waals surface area contributed by atoms with Crippen LogP contribution in [0.3, 0.4) is 0 Å². The zero-order valence-corrected chi connectivity index (χ0v) is 10.4. The molecular weight excluding hydrogens is 204 g/mol. The molecule has 1 amide bonds. The summed E-state index contributed by atoms with van der Waals surface area (Å²) < 4.78 is 5.28. The normalized spacial score (nSPS) is 19.8. The predicted octanol–water partition coefficient (Wildman–Crippen LogP) is 1.14. The highest BCUT2D eigenvalue weighted by molar-refractivity contribution is 5.76. The van der Waals surface area contributed by atoms with E-state index in [0.717, 1.165) is 38.8 Å². The number of likely N-dealkylation sites (tertiary alicyclic amines) is 1. The van der Waals surface area contributed by atoms with Crippen LogP contribution in [0.5, 0.6) is 0 Å². The van der Waals surface area contributed by atoms with Gasteiger partial charge in [0.05, 0.1) is 6.10 Å². The van der Waals surface area contributed by atoms with Crippen LogP contribution < -0.4 is 5.73 Å². The van der Waals surface area contributed by atoms with Crippen LogP contribution in [0.25, 0.3) is 0 Å². The van der Waals surface area contributed by atoms with Crippen LogP contribution in [0.1, 0.15) is 39.0 Å². The Bertz CT molecular complexity index is 213. The Hall–Kier alpha value is -0.610. The first-order valence-electron chi connectivity index (χ1n) is 6.23. The number of nitrogens with two attached hydrogens (primary N) is 1. The van der Waals surface area contributed by atoms with Gasteiger partial charge in [-0.3, -0.25) is 4.79 Å². The lowest BCUT2D eigenvalue weighted by atomic mass is 10.1. The average Bonchev–Trinajstić information content (AvgIpc) is 2.29. The van der Waals surface area contributed by atoms with E-state index >= 15 is 0 Å². The van der Waals surface area contributed by atoms with Gasteiger partial charge in [0.25, 0.3) is 0 Å². The molecule has 0 aromatic heterocycles. The highest BCUT2D eigenvalue weighted by Gasteiger charge is 2.23. The van der Waals surface area contributed by atoms with Crippen LogP contribution in [0, 0.1) is 0 Å². The van der Waals surface area contributed by atoms with Gasteiger partial charge in [0.2, 0.25) is 5.91 Å². The van der Waals surface area contributed by atoms with Crippen LogP contribution >= 0.6 is 0 Å². The van der Waals surface area contributed by atoms with E-state index in [1.807, 2.05) is 4.90 Å². The second-order valence-electron chi connectivity index (χ2n) is 4.57. The first-order valence-corrected chi connectivity index (χ1v) is 6.23. The zero-order chi connectivity index (χ0) is 12.0. The van der Waals surface area contributed by atoms with Crippen molar-refractivity contribution in [2.75, 3.05) is 20.2 Å². The average molecular weight is 228 g/mol. The Morgan fingerprint density at radius 3 is 2.62 bits per heavy atom. The molecule has 16 heavy (non-hydrogen) atoms. The molecule has 1 heterocycles. The van der Waals surface area contributed by atoms with Gasteiger partial charge >= 0.3 is 0 Å². The third-order valence-corrected chi connectivity index (χ3v) is 3.22. The third kappa shape index (κ3) is 4.10. The topological polar surface area (TPSA) is 55.6 Å².